The van der Waals surface area contributed by atoms with Crippen LogP contribution in [0, 0.1) is 6.07 Å². The van der Waals surface area contributed by atoms with Gasteiger partial charge in [0.2, 0.25) is 5.78 Å². The predicted molar refractivity (Wildman–Crippen MR) is 195 cm³/mol. The molecule has 0 spiro atoms. The number of nitrogen functional groups attached to an aromatic ring is 1. The second-order valence-corrected chi connectivity index (χ2v) is 10.5. The van der Waals surface area contributed by atoms with Crippen molar-refractivity contribution in [3.05, 3.63) is 111 Å². The molecule has 0 aliphatic heterocycles. The molecule has 1 radical (unpaired) electrons. The Bertz CT molecular complexity index is 1860. The number of aromatic carboxylic acids is 2. The van der Waals surface area contributed by atoms with E-state index in [0.717, 1.165) is 26.0 Å². The number of hydrogen-bond acceptors (Lipinski definition) is 9. The quantitative estimate of drug-likeness (QED) is 0.0507. The van der Waals surface area contributed by atoms with Crippen molar-refractivity contribution in [1.29, 1.82) is 0 Å². The molecule has 4 N–H and O–H groups in total. The smallest absolute Gasteiger partial charge is 0.374 e. The van der Waals surface area contributed by atoms with Gasteiger partial charge in [0.25, 0.3) is 0 Å². The van der Waals surface area contributed by atoms with Crippen LogP contribution < -0.4 is 5.73 Å². The molecule has 0 unspecified atom stereocenters. The number of hydrogen-bond donors (Lipinski definition) is 3. The van der Waals surface area contributed by atoms with Crippen molar-refractivity contribution >= 4 is 89.3 Å². The fraction of sp³-hybridized carbons (Fsp3) is 0.171. The predicted octanol–water partition coefficient (Wildman–Crippen LogP) is 8.32. The van der Waals surface area contributed by atoms with Crippen molar-refractivity contribution in [2.75, 3.05) is 12.3 Å². The summed E-state index contributed by atoms with van der Waals surface area (Å²) in [4.78, 5) is 59.7. The summed E-state index contributed by atoms with van der Waals surface area (Å²) in [6.45, 7) is 3.09. The number of fused-ring (bicyclic) bond motifs is 2. The summed E-state index contributed by atoms with van der Waals surface area (Å²) in [6.07, 6.45) is 0.736. The van der Waals surface area contributed by atoms with Gasteiger partial charge < -0.3 is 20.7 Å². The van der Waals surface area contributed by atoms with Gasteiger partial charge in [-0.05, 0) is 61.0 Å². The molecule has 49 heavy (non-hydrogen) atoms. The number of Topliss-reactive ketones (excluding diaryl/α,β-unsaturated/α-hetero) is 1. The van der Waals surface area contributed by atoms with Gasteiger partial charge in [-0.2, -0.15) is 18.2 Å². The number of carbonyl (C=O) groups excluding carboxylic acids is 3. The standard InChI is InChI=1S/C10H6BrNO2.C10H6NO2.C7H6BrNO.C5H8O3.3CH4.Y/c11-7-2-4-8-6(5-7)1-3-9(12-8)10(13)14;12-10(13)9-6-5-7-3-1-2-4-8(7)11-9;8-6-1-2-7(9)5(3-6)4-10;1-3-8-5(7)4(2)6;;;;/h1-5H,(H,13,14);2-6H,(H,12,13);1-4H,9H2;3H2,1-2H3;3*1H4;/q;-1;;;;;;. The molecule has 0 saturated carbocycles. The molecule has 5 aromatic rings. The molecule has 0 aliphatic carbocycles. The number of carbonyl (C=O) groups is 5. The number of esters is 1. The van der Waals surface area contributed by atoms with Crippen LogP contribution in [-0.4, -0.2) is 56.8 Å². The molecule has 0 amide bonds. The number of benzene rings is 3. The summed E-state index contributed by atoms with van der Waals surface area (Å²) >= 11 is 6.56. The van der Waals surface area contributed by atoms with E-state index in [2.05, 4.69) is 52.6 Å². The third-order valence-corrected chi connectivity index (χ3v) is 6.35. The van der Waals surface area contributed by atoms with Crippen LogP contribution in [-0.2, 0) is 47.0 Å². The van der Waals surface area contributed by atoms with Gasteiger partial charge in [-0.25, -0.2) is 19.4 Å². The third kappa shape index (κ3) is 16.9. The van der Waals surface area contributed by atoms with Gasteiger partial charge >= 0.3 is 17.9 Å². The van der Waals surface area contributed by atoms with Crippen molar-refractivity contribution in [2.24, 2.45) is 0 Å². The average molecular weight is 877 g/mol. The summed E-state index contributed by atoms with van der Waals surface area (Å²) in [5.41, 5.74) is 7.99. The van der Waals surface area contributed by atoms with Crippen molar-refractivity contribution in [2.45, 2.75) is 36.1 Å². The molecule has 14 heteroatoms. The summed E-state index contributed by atoms with van der Waals surface area (Å²) in [5.74, 6) is -3.32. The van der Waals surface area contributed by atoms with Crippen LogP contribution in [0.3, 0.4) is 0 Å². The summed E-state index contributed by atoms with van der Waals surface area (Å²) in [6, 6.07) is 25.2. The van der Waals surface area contributed by atoms with E-state index in [1.165, 1.54) is 19.1 Å². The van der Waals surface area contributed by atoms with Crippen molar-refractivity contribution in [3.63, 3.8) is 0 Å². The summed E-state index contributed by atoms with van der Waals surface area (Å²) in [5, 5.41) is 19.2. The number of pyridine rings is 2. The molecule has 2 heterocycles. The molecule has 0 fully saturated rings. The second-order valence-electron chi connectivity index (χ2n) is 8.63. The van der Waals surface area contributed by atoms with Crippen LogP contribution in [0.25, 0.3) is 21.8 Å². The largest absolute Gasteiger partial charge is 0.477 e. The van der Waals surface area contributed by atoms with Gasteiger partial charge in [0, 0.05) is 65.2 Å². The van der Waals surface area contributed by atoms with E-state index in [-0.39, 0.29) is 73.0 Å². The van der Waals surface area contributed by atoms with Crippen LogP contribution in [0.2, 0.25) is 0 Å². The number of halogens is 2. The Morgan fingerprint density at radius 1 is 0.816 bits per heavy atom. The molecule has 3 aromatic carbocycles. The first-order valence-corrected chi connectivity index (χ1v) is 14.4. The van der Waals surface area contributed by atoms with E-state index in [4.69, 9.17) is 15.9 Å². The maximum Gasteiger partial charge on any atom is 0.374 e. The third-order valence-electron chi connectivity index (χ3n) is 5.36. The maximum atomic E-state index is 10.6. The second kappa shape index (κ2) is 25.1. The van der Waals surface area contributed by atoms with Crippen LogP contribution in [0.4, 0.5) is 5.69 Å². The molecule has 0 bridgehead atoms. The molecule has 11 nitrogen and oxygen atoms in total. The van der Waals surface area contributed by atoms with Crippen molar-refractivity contribution in [3.8, 4) is 0 Å². The van der Waals surface area contributed by atoms with Gasteiger partial charge in [-0.15, -0.1) is 17.5 Å². The van der Waals surface area contributed by atoms with Crippen LogP contribution in [0.15, 0.2) is 87.8 Å². The maximum absolute atomic E-state index is 10.6. The van der Waals surface area contributed by atoms with Crippen molar-refractivity contribution in [1.82, 2.24) is 9.97 Å². The number of carboxylic acids is 2. The number of rotatable bonds is 5. The molecular weight excluding hydrogens is 839 g/mol. The SMILES string of the molecule is C.C.C.CCOC(=O)C(C)=O.Nc1ccc(Br)cc1C=O.O=C(O)c1ccc2c[c-]ccc2n1.O=C(O)c1ccc2cc(Br)ccc2n1.[Y]. The Morgan fingerprint density at radius 2 is 1.33 bits per heavy atom. The Morgan fingerprint density at radius 3 is 1.80 bits per heavy atom. The molecule has 0 saturated heterocycles. The number of nitrogens with zero attached hydrogens (tertiary/aromatic N) is 2. The molecule has 259 valence electrons. The first-order chi connectivity index (χ1) is 21.4. The van der Waals surface area contributed by atoms with Crippen LogP contribution >= 0.6 is 31.9 Å². The monoisotopic (exact) mass is 875 g/mol. The number of anilines is 1. The van der Waals surface area contributed by atoms with E-state index < -0.39 is 23.7 Å². The molecule has 5 rings (SSSR count). The molecule has 0 aliphatic rings. The van der Waals surface area contributed by atoms with Crippen molar-refractivity contribution < 1.29 is 71.6 Å². The fourth-order valence-corrected chi connectivity index (χ4v) is 3.98. The van der Waals surface area contributed by atoms with E-state index in [1.54, 1.807) is 61.5 Å². The molecule has 0 atom stereocenters. The number of ether oxygens (including phenoxy) is 1. The van der Waals surface area contributed by atoms with Crippen LogP contribution in [0.5, 0.6) is 0 Å². The average Bonchev–Trinajstić information content (AvgIpc) is 3.02. The van der Waals surface area contributed by atoms with Gasteiger partial charge in [0.15, 0.2) is 6.29 Å². The zero-order valence-corrected chi connectivity index (χ0v) is 30.4. The number of carboxylic acid groups (broad SMARTS) is 2. The first-order valence-electron chi connectivity index (χ1n) is 12.8. The number of nitrogens with two attached hydrogens (primary N) is 1. The summed E-state index contributed by atoms with van der Waals surface area (Å²) < 4.78 is 6.13. The molecular formula is C35H38Br2N3O8Y-. The molecule has 2 aromatic heterocycles. The Balaban J connectivity index is -0.000000573. The van der Waals surface area contributed by atoms with E-state index >= 15 is 0 Å². The minimum Gasteiger partial charge on any atom is -0.477 e. The Labute approximate surface area is 327 Å². The zero-order valence-electron chi connectivity index (χ0n) is 24.4. The number of ketones is 1. The summed E-state index contributed by atoms with van der Waals surface area (Å²) in [7, 11) is 0. The van der Waals surface area contributed by atoms with Crippen LogP contribution in [0.1, 0.15) is 67.5 Å². The number of aromatic nitrogens is 2. The zero-order chi connectivity index (χ0) is 33.5. The Kier molecular flexibility index (Phi) is 25.4. The minimum atomic E-state index is -1.00. The van der Waals surface area contributed by atoms with E-state index in [9.17, 15) is 24.0 Å². The Hall–Kier alpha value is -3.91. The normalized spacial score (nSPS) is 8.90. The first kappa shape index (κ1) is 49.5. The van der Waals surface area contributed by atoms with Gasteiger partial charge in [-0.3, -0.25) is 14.6 Å². The van der Waals surface area contributed by atoms with E-state index in [1.807, 2.05) is 12.1 Å². The van der Waals surface area contributed by atoms with E-state index in [0.29, 0.717) is 22.3 Å². The fourth-order valence-electron chi connectivity index (χ4n) is 3.22. The topological polar surface area (TPSA) is 187 Å². The van der Waals surface area contributed by atoms with Gasteiger partial charge in [-0.1, -0.05) is 60.2 Å². The number of aldehydes is 1. The minimum absolute atomic E-state index is 0. The van der Waals surface area contributed by atoms with Gasteiger partial charge in [0.05, 0.1) is 12.1 Å². The van der Waals surface area contributed by atoms with Gasteiger partial charge in [0.1, 0.15) is 11.4 Å².